The minimum absolute atomic E-state index is 0.126. The number of carbonyl (C=O) groups is 1. The second-order valence-electron chi connectivity index (χ2n) is 3.61. The van der Waals surface area contributed by atoms with Crippen LogP contribution >= 0.6 is 15.9 Å². The number of aromatic nitrogens is 2. The third-order valence-corrected chi connectivity index (χ3v) is 2.93. The SMILES string of the molecule is Cc1nc2ccc(Br)cn2c1CCC(=O)O. The molecule has 2 aromatic rings. The number of nitrogens with zero attached hydrogens (tertiary/aromatic N) is 2. The van der Waals surface area contributed by atoms with Gasteiger partial charge in [-0.2, -0.15) is 0 Å². The molecule has 0 amide bonds. The van der Waals surface area contributed by atoms with E-state index in [1.165, 1.54) is 0 Å². The lowest BCUT2D eigenvalue weighted by molar-refractivity contribution is -0.136. The van der Waals surface area contributed by atoms with Crippen LogP contribution in [-0.2, 0) is 11.2 Å². The number of hydrogen-bond donors (Lipinski definition) is 1. The van der Waals surface area contributed by atoms with Crippen molar-refractivity contribution >= 4 is 27.5 Å². The fourth-order valence-corrected chi connectivity index (χ4v) is 2.05. The van der Waals surface area contributed by atoms with Crippen molar-refractivity contribution < 1.29 is 9.90 Å². The monoisotopic (exact) mass is 282 g/mol. The molecule has 5 heteroatoms. The predicted octanol–water partition coefficient (Wildman–Crippen LogP) is 2.42. The maximum absolute atomic E-state index is 10.6. The number of pyridine rings is 1. The minimum atomic E-state index is -0.788. The Morgan fingerprint density at radius 2 is 2.31 bits per heavy atom. The summed E-state index contributed by atoms with van der Waals surface area (Å²) in [5.74, 6) is -0.788. The Bertz CT molecular complexity index is 548. The summed E-state index contributed by atoms with van der Waals surface area (Å²) in [6.45, 7) is 1.90. The summed E-state index contributed by atoms with van der Waals surface area (Å²) in [5.41, 5.74) is 2.69. The van der Waals surface area contributed by atoms with Crippen molar-refractivity contribution in [3.05, 3.63) is 34.2 Å². The number of aliphatic carboxylic acids is 1. The van der Waals surface area contributed by atoms with Crippen molar-refractivity contribution in [1.82, 2.24) is 9.38 Å². The quantitative estimate of drug-likeness (QED) is 0.941. The van der Waals surface area contributed by atoms with Gasteiger partial charge in [-0.25, -0.2) is 4.98 Å². The average Bonchev–Trinajstić information content (AvgIpc) is 2.51. The van der Waals surface area contributed by atoms with Gasteiger partial charge >= 0.3 is 5.97 Å². The Hall–Kier alpha value is -1.36. The molecule has 0 fully saturated rings. The van der Waals surface area contributed by atoms with Gasteiger partial charge in [0.15, 0.2) is 0 Å². The molecule has 2 rings (SSSR count). The van der Waals surface area contributed by atoms with Crippen LogP contribution in [0.25, 0.3) is 5.65 Å². The second kappa shape index (κ2) is 4.25. The summed E-state index contributed by atoms with van der Waals surface area (Å²) in [6, 6.07) is 3.82. The molecule has 0 bridgehead atoms. The molecule has 4 nitrogen and oxygen atoms in total. The fraction of sp³-hybridized carbons (Fsp3) is 0.273. The number of fused-ring (bicyclic) bond motifs is 1. The van der Waals surface area contributed by atoms with Gasteiger partial charge in [-0.1, -0.05) is 0 Å². The van der Waals surface area contributed by atoms with Crippen molar-refractivity contribution in [3.8, 4) is 0 Å². The van der Waals surface area contributed by atoms with E-state index < -0.39 is 5.97 Å². The number of rotatable bonds is 3. The van der Waals surface area contributed by atoms with E-state index >= 15 is 0 Å². The summed E-state index contributed by atoms with van der Waals surface area (Å²) in [5, 5.41) is 8.69. The number of imidazole rings is 1. The maximum Gasteiger partial charge on any atom is 0.303 e. The number of carboxylic acids is 1. The van der Waals surface area contributed by atoms with Crippen LogP contribution in [0.1, 0.15) is 17.8 Å². The molecule has 0 aliphatic rings. The third-order valence-electron chi connectivity index (χ3n) is 2.46. The van der Waals surface area contributed by atoms with Crippen LogP contribution in [0.2, 0.25) is 0 Å². The van der Waals surface area contributed by atoms with Crippen molar-refractivity contribution in [3.63, 3.8) is 0 Å². The van der Waals surface area contributed by atoms with Crippen LogP contribution < -0.4 is 0 Å². The molecular weight excluding hydrogens is 272 g/mol. The highest BCUT2D eigenvalue weighted by Crippen LogP contribution is 2.17. The van der Waals surface area contributed by atoms with Crippen LogP contribution in [0.5, 0.6) is 0 Å². The summed E-state index contributed by atoms with van der Waals surface area (Å²) >= 11 is 3.39. The lowest BCUT2D eigenvalue weighted by Crippen LogP contribution is -2.01. The molecular formula is C11H11BrN2O2. The van der Waals surface area contributed by atoms with Crippen LogP contribution in [0, 0.1) is 6.92 Å². The van der Waals surface area contributed by atoms with E-state index in [2.05, 4.69) is 20.9 Å². The Morgan fingerprint density at radius 3 is 3.00 bits per heavy atom. The molecule has 2 aromatic heterocycles. The van der Waals surface area contributed by atoms with Crippen LogP contribution in [-0.4, -0.2) is 20.5 Å². The van der Waals surface area contributed by atoms with Gasteiger partial charge < -0.3 is 9.51 Å². The van der Waals surface area contributed by atoms with Gasteiger partial charge in [0, 0.05) is 22.8 Å². The van der Waals surface area contributed by atoms with Gasteiger partial charge in [0.1, 0.15) is 5.65 Å². The van der Waals surface area contributed by atoms with E-state index in [1.807, 2.05) is 29.7 Å². The van der Waals surface area contributed by atoms with E-state index in [9.17, 15) is 4.79 Å². The zero-order valence-electron chi connectivity index (χ0n) is 8.77. The van der Waals surface area contributed by atoms with Gasteiger partial charge in [0.05, 0.1) is 12.1 Å². The van der Waals surface area contributed by atoms with Crippen molar-refractivity contribution in [1.29, 1.82) is 0 Å². The second-order valence-corrected chi connectivity index (χ2v) is 4.53. The number of hydrogen-bond acceptors (Lipinski definition) is 2. The predicted molar refractivity (Wildman–Crippen MR) is 63.6 cm³/mol. The van der Waals surface area contributed by atoms with E-state index in [4.69, 9.17) is 5.11 Å². The molecule has 1 N–H and O–H groups in total. The van der Waals surface area contributed by atoms with Gasteiger partial charge in [0.25, 0.3) is 0 Å². The molecule has 0 spiro atoms. The van der Waals surface area contributed by atoms with Gasteiger partial charge in [-0.15, -0.1) is 0 Å². The van der Waals surface area contributed by atoms with E-state index in [0.29, 0.717) is 6.42 Å². The number of carboxylic acid groups (broad SMARTS) is 1. The summed E-state index contributed by atoms with van der Waals surface area (Å²) in [4.78, 5) is 15.0. The molecule has 16 heavy (non-hydrogen) atoms. The normalized spacial score (nSPS) is 10.9. The zero-order chi connectivity index (χ0) is 11.7. The van der Waals surface area contributed by atoms with Crippen molar-refractivity contribution in [2.45, 2.75) is 19.8 Å². The highest BCUT2D eigenvalue weighted by atomic mass is 79.9. The molecule has 0 radical (unpaired) electrons. The van der Waals surface area contributed by atoms with Gasteiger partial charge in [-0.3, -0.25) is 4.79 Å². The van der Waals surface area contributed by atoms with Crippen LogP contribution in [0.15, 0.2) is 22.8 Å². The molecule has 0 unspecified atom stereocenters. The largest absolute Gasteiger partial charge is 0.481 e. The lowest BCUT2D eigenvalue weighted by Gasteiger charge is -2.01. The maximum atomic E-state index is 10.6. The highest BCUT2D eigenvalue weighted by Gasteiger charge is 2.10. The Kier molecular flexibility index (Phi) is 2.96. The first kappa shape index (κ1) is 11.1. The first-order chi connectivity index (χ1) is 7.58. The Morgan fingerprint density at radius 1 is 1.56 bits per heavy atom. The summed E-state index contributed by atoms with van der Waals surface area (Å²) in [6.07, 6.45) is 2.53. The van der Waals surface area contributed by atoms with Crippen LogP contribution in [0.4, 0.5) is 0 Å². The highest BCUT2D eigenvalue weighted by molar-refractivity contribution is 9.10. The molecule has 84 valence electrons. The van der Waals surface area contributed by atoms with Crippen molar-refractivity contribution in [2.24, 2.45) is 0 Å². The number of halogens is 1. The van der Waals surface area contributed by atoms with Crippen molar-refractivity contribution in [2.75, 3.05) is 0 Å². The summed E-state index contributed by atoms with van der Waals surface area (Å²) in [7, 11) is 0. The van der Waals surface area contributed by atoms with Crippen LogP contribution in [0.3, 0.4) is 0 Å². The average molecular weight is 283 g/mol. The van der Waals surface area contributed by atoms with E-state index in [-0.39, 0.29) is 6.42 Å². The molecule has 0 aliphatic carbocycles. The Labute approximate surface area is 101 Å². The third kappa shape index (κ3) is 2.09. The Balaban J connectivity index is 2.45. The van der Waals surface area contributed by atoms with Gasteiger partial charge in [-0.05, 0) is 35.0 Å². The first-order valence-electron chi connectivity index (χ1n) is 4.93. The number of aryl methyl sites for hydroxylation is 2. The standard InChI is InChI=1S/C11H11BrN2O2/c1-7-9(3-5-11(15)16)14-6-8(12)2-4-10(14)13-7/h2,4,6H,3,5H2,1H3,(H,15,16). The van der Waals surface area contributed by atoms with E-state index in [1.54, 1.807) is 0 Å². The fourth-order valence-electron chi connectivity index (χ4n) is 1.71. The molecule has 0 aromatic carbocycles. The van der Waals surface area contributed by atoms with E-state index in [0.717, 1.165) is 21.5 Å². The molecule has 0 saturated heterocycles. The lowest BCUT2D eigenvalue weighted by atomic mass is 10.2. The minimum Gasteiger partial charge on any atom is -0.481 e. The zero-order valence-corrected chi connectivity index (χ0v) is 10.4. The topological polar surface area (TPSA) is 54.6 Å². The molecule has 0 atom stereocenters. The first-order valence-corrected chi connectivity index (χ1v) is 5.72. The molecule has 2 heterocycles. The smallest absolute Gasteiger partial charge is 0.303 e. The van der Waals surface area contributed by atoms with Gasteiger partial charge in [0.2, 0.25) is 0 Å². The molecule has 0 aliphatic heterocycles. The summed E-state index contributed by atoms with van der Waals surface area (Å²) < 4.78 is 2.89. The molecule has 0 saturated carbocycles.